The Balaban J connectivity index is 3.98. The molecule has 2 atom stereocenters. The summed E-state index contributed by atoms with van der Waals surface area (Å²) < 4.78 is 23.1. The third kappa shape index (κ3) is 88.3. The van der Waals surface area contributed by atoms with Gasteiger partial charge in [0, 0.05) is 12.8 Å². The first kappa shape index (κ1) is 102. The molecule has 9 heteroatoms. The van der Waals surface area contributed by atoms with E-state index in [9.17, 15) is 19.5 Å². The van der Waals surface area contributed by atoms with Gasteiger partial charge in [0.1, 0.15) is 13.2 Å². The first-order valence-corrected chi connectivity index (χ1v) is 45.0. The summed E-state index contributed by atoms with van der Waals surface area (Å²) >= 11 is 0. The lowest BCUT2D eigenvalue weighted by molar-refractivity contribution is -0.870. The molecule has 0 aromatic heterocycles. The number of carboxylic acid groups (broad SMARTS) is 1. The standard InChI is InChI=1S/C98H169NO8/c1-6-8-10-12-14-16-18-20-22-24-26-28-30-32-34-36-38-40-42-44-46-48-50-52-54-56-58-60-62-64-66-68-70-72-74-76-78-80-82-84-86-88-95(100)105-92-94(93-106-98(97(102)103)104-91-90-99(3,4)5)107-96(101)89-87-85-83-81-79-77-75-73-71-69-67-65-63-61-59-57-55-53-51-49-47-45-43-41-39-37-35-33-31-29-27-25-23-21-19-17-15-13-11-9-7-2/h9,11,15,17-18,20-21,23-24,26-27,29-30,32-33,35,39,41,45,47,51,53,57,59,94,98H,6-8,10,12-14,16,19,22,25,28,31,34,36-38,40,42-44,46,48-50,52,54-56,58,60-93H2,1-5H3/p+1/b11-9-,17-15-,20-18-,23-21-,26-24-,29-27-,32-30-,35-33-,41-39-,47-45-,53-51-,59-57-. The van der Waals surface area contributed by atoms with Crippen LogP contribution in [0.3, 0.4) is 0 Å². The molecule has 0 heterocycles. The van der Waals surface area contributed by atoms with Gasteiger partial charge in [-0.3, -0.25) is 9.59 Å². The molecule has 0 fully saturated rings. The van der Waals surface area contributed by atoms with Gasteiger partial charge < -0.3 is 28.5 Å². The van der Waals surface area contributed by atoms with Gasteiger partial charge in [0.2, 0.25) is 0 Å². The maximum absolute atomic E-state index is 13.0. The van der Waals surface area contributed by atoms with Gasteiger partial charge in [-0.2, -0.15) is 0 Å². The number of unbranched alkanes of at least 4 members (excludes halogenated alkanes) is 44. The van der Waals surface area contributed by atoms with E-state index in [-0.39, 0.29) is 32.2 Å². The number of aliphatic carboxylic acids is 1. The van der Waals surface area contributed by atoms with Gasteiger partial charge >= 0.3 is 17.9 Å². The second-order valence-electron chi connectivity index (χ2n) is 31.2. The molecule has 0 spiro atoms. The van der Waals surface area contributed by atoms with E-state index in [1.54, 1.807) is 0 Å². The van der Waals surface area contributed by atoms with Crippen molar-refractivity contribution in [3.8, 4) is 0 Å². The van der Waals surface area contributed by atoms with E-state index in [2.05, 4.69) is 160 Å². The highest BCUT2D eigenvalue weighted by molar-refractivity contribution is 5.71. The zero-order chi connectivity index (χ0) is 77.4. The molecule has 1 N–H and O–H groups in total. The first-order valence-electron chi connectivity index (χ1n) is 45.0. The Labute approximate surface area is 662 Å². The number of ether oxygens (including phenoxy) is 4. The molecule has 614 valence electrons. The van der Waals surface area contributed by atoms with E-state index in [0.29, 0.717) is 23.9 Å². The van der Waals surface area contributed by atoms with Crippen LogP contribution in [0.25, 0.3) is 0 Å². The highest BCUT2D eigenvalue weighted by atomic mass is 16.7. The molecular formula is C98H170NO8+. The molecule has 9 nitrogen and oxygen atoms in total. The Morgan fingerprint density at radius 1 is 0.290 bits per heavy atom. The van der Waals surface area contributed by atoms with Gasteiger partial charge in [-0.1, -0.05) is 410 Å². The van der Waals surface area contributed by atoms with Crippen LogP contribution in [0.1, 0.15) is 399 Å². The summed E-state index contributed by atoms with van der Waals surface area (Å²) in [5.41, 5.74) is 0. The third-order valence-electron chi connectivity index (χ3n) is 19.6. The average Bonchev–Trinajstić information content (AvgIpc) is 0.965. The van der Waals surface area contributed by atoms with Gasteiger partial charge in [-0.05, 0) is 122 Å². The number of likely N-dealkylation sites (N-methyl/N-ethyl adjacent to an activating group) is 1. The summed E-state index contributed by atoms with van der Waals surface area (Å²) in [5.74, 6) is -1.99. The number of esters is 2. The Morgan fingerprint density at radius 3 is 0.794 bits per heavy atom. The highest BCUT2D eigenvalue weighted by Gasteiger charge is 2.25. The van der Waals surface area contributed by atoms with E-state index in [1.165, 1.54) is 257 Å². The Morgan fingerprint density at radius 2 is 0.533 bits per heavy atom. The third-order valence-corrected chi connectivity index (χ3v) is 19.6. The monoisotopic (exact) mass is 1490 g/mol. The smallest absolute Gasteiger partial charge is 0.361 e. The zero-order valence-corrected chi connectivity index (χ0v) is 70.5. The van der Waals surface area contributed by atoms with Crippen LogP contribution in [-0.4, -0.2) is 87.4 Å². The van der Waals surface area contributed by atoms with Crippen LogP contribution in [0.4, 0.5) is 0 Å². The lowest BCUT2D eigenvalue weighted by Gasteiger charge is -2.25. The molecule has 0 amide bonds. The second kappa shape index (κ2) is 86.8. The summed E-state index contributed by atoms with van der Waals surface area (Å²) in [6.07, 6.45) is 125. The number of carboxylic acids is 1. The van der Waals surface area contributed by atoms with Crippen molar-refractivity contribution in [1.82, 2.24) is 0 Å². The van der Waals surface area contributed by atoms with Crippen LogP contribution >= 0.6 is 0 Å². The minimum absolute atomic E-state index is 0.184. The molecule has 2 unspecified atom stereocenters. The maximum Gasteiger partial charge on any atom is 0.361 e. The fourth-order valence-electron chi connectivity index (χ4n) is 12.8. The number of hydrogen-bond donors (Lipinski definition) is 1. The number of quaternary nitrogens is 1. The summed E-state index contributed by atoms with van der Waals surface area (Å²) in [5, 5.41) is 9.80. The van der Waals surface area contributed by atoms with E-state index in [4.69, 9.17) is 18.9 Å². The van der Waals surface area contributed by atoms with Crippen molar-refractivity contribution >= 4 is 17.9 Å². The van der Waals surface area contributed by atoms with E-state index < -0.39 is 24.3 Å². The summed E-state index contributed by atoms with van der Waals surface area (Å²) in [6, 6.07) is 0. The molecule has 0 aliphatic rings. The zero-order valence-electron chi connectivity index (χ0n) is 70.5. The molecular weight excluding hydrogens is 1320 g/mol. The van der Waals surface area contributed by atoms with Crippen molar-refractivity contribution < 1.29 is 42.9 Å². The van der Waals surface area contributed by atoms with Crippen LogP contribution in [0.15, 0.2) is 146 Å². The molecule has 0 aromatic rings. The SMILES string of the molecule is CC/C=C\C/C=C\C/C=C\C/C=C\C/C=C\C/C=C\C/C=C\C/C=C\C/C=C\CCCCCCCCCCCCCCCC(=O)OC(COC(=O)CCCCCCCCCCCCCCCCCCCCCCCCCCCC/C=C\C/C=C\C/C=C\CCCCCCC)COC(OCC[N+](C)(C)C)C(=O)O. The Kier molecular flexibility index (Phi) is 82.8. The van der Waals surface area contributed by atoms with Gasteiger partial charge in [0.25, 0.3) is 6.29 Å². The molecule has 0 saturated heterocycles. The van der Waals surface area contributed by atoms with Crippen molar-refractivity contribution in [3.05, 3.63) is 146 Å². The number of allylic oxidation sites excluding steroid dienone is 24. The van der Waals surface area contributed by atoms with Crippen molar-refractivity contribution in [2.75, 3.05) is 47.5 Å². The topological polar surface area (TPSA) is 108 Å². The van der Waals surface area contributed by atoms with Gasteiger partial charge in [0.15, 0.2) is 6.10 Å². The van der Waals surface area contributed by atoms with Crippen LogP contribution in [0.5, 0.6) is 0 Å². The second-order valence-corrected chi connectivity index (χ2v) is 31.2. The predicted molar refractivity (Wildman–Crippen MR) is 465 cm³/mol. The lowest BCUT2D eigenvalue weighted by Crippen LogP contribution is -2.40. The van der Waals surface area contributed by atoms with Crippen molar-refractivity contribution in [3.63, 3.8) is 0 Å². The fourth-order valence-corrected chi connectivity index (χ4v) is 12.8. The lowest BCUT2D eigenvalue weighted by atomic mass is 10.0. The Bertz CT molecular complexity index is 2290. The van der Waals surface area contributed by atoms with E-state index >= 15 is 0 Å². The summed E-state index contributed by atoms with van der Waals surface area (Å²) in [4.78, 5) is 37.8. The maximum atomic E-state index is 13.0. The number of nitrogens with zero attached hydrogens (tertiary/aromatic N) is 1. The molecule has 0 bridgehead atoms. The van der Waals surface area contributed by atoms with Crippen molar-refractivity contribution in [1.29, 1.82) is 0 Å². The molecule has 0 radical (unpaired) electrons. The Hall–Kier alpha value is -4.83. The molecule has 0 aliphatic heterocycles. The number of rotatable bonds is 83. The van der Waals surface area contributed by atoms with Gasteiger partial charge in [0.05, 0.1) is 34.4 Å². The first-order chi connectivity index (χ1) is 52.6. The van der Waals surface area contributed by atoms with Gasteiger partial charge in [-0.15, -0.1) is 0 Å². The van der Waals surface area contributed by atoms with Crippen LogP contribution in [-0.2, 0) is 33.3 Å². The van der Waals surface area contributed by atoms with Crippen LogP contribution in [0.2, 0.25) is 0 Å². The summed E-state index contributed by atoms with van der Waals surface area (Å²) in [6.45, 7) is 4.79. The summed E-state index contributed by atoms with van der Waals surface area (Å²) in [7, 11) is 5.99. The van der Waals surface area contributed by atoms with Gasteiger partial charge in [-0.25, -0.2) is 4.79 Å². The van der Waals surface area contributed by atoms with Crippen molar-refractivity contribution in [2.24, 2.45) is 0 Å². The van der Waals surface area contributed by atoms with Crippen molar-refractivity contribution in [2.45, 2.75) is 411 Å². The minimum Gasteiger partial charge on any atom is -0.477 e. The number of carbonyl (C=O) groups excluding carboxylic acids is 2. The van der Waals surface area contributed by atoms with Crippen LogP contribution < -0.4 is 0 Å². The molecule has 0 aromatic carbocycles. The molecule has 0 aliphatic carbocycles. The number of carbonyl (C=O) groups is 3. The average molecular weight is 1490 g/mol. The van der Waals surface area contributed by atoms with E-state index in [1.807, 2.05) is 21.1 Å². The largest absolute Gasteiger partial charge is 0.477 e. The quantitative estimate of drug-likeness (QED) is 0.0211. The van der Waals surface area contributed by atoms with Crippen LogP contribution in [0, 0.1) is 0 Å². The normalized spacial score (nSPS) is 13.3. The molecule has 107 heavy (non-hydrogen) atoms. The molecule has 0 saturated carbocycles. The predicted octanol–water partition coefficient (Wildman–Crippen LogP) is 29.7. The molecule has 0 rings (SSSR count). The minimum atomic E-state index is -1.52. The number of hydrogen-bond acceptors (Lipinski definition) is 7. The highest BCUT2D eigenvalue weighted by Crippen LogP contribution is 2.19. The fraction of sp³-hybridized carbons (Fsp3) is 0.724. The van der Waals surface area contributed by atoms with E-state index in [0.717, 1.165) is 109 Å².